The average Bonchev–Trinajstić information content (AvgIpc) is 2.63. The second kappa shape index (κ2) is 7.66. The zero-order valence-corrected chi connectivity index (χ0v) is 13.7. The molecule has 0 aliphatic rings. The molecule has 0 nitrogen and oxygen atoms in total. The van der Waals surface area contributed by atoms with E-state index >= 15 is 0 Å². The van der Waals surface area contributed by atoms with Crippen LogP contribution < -0.4 is 0 Å². The molecule has 3 aromatic rings. The lowest BCUT2D eigenvalue weighted by Gasteiger charge is -2.11. The molecular formula is C22H18S. The standard InChI is InChI=1S/C22H18S/c23-22(20-14-8-3-9-15-20)21(16-18-10-4-1-5-11-18)17-19-12-6-2-7-13-19/h1-16H,17H2/b21-16+. The molecule has 0 amide bonds. The van der Waals surface area contributed by atoms with Crippen LogP contribution in [0.3, 0.4) is 0 Å². The molecule has 0 saturated carbocycles. The lowest BCUT2D eigenvalue weighted by molar-refractivity contribution is 1.24. The minimum absolute atomic E-state index is 0.837. The molecule has 0 aliphatic carbocycles. The van der Waals surface area contributed by atoms with E-state index in [1.165, 1.54) is 16.7 Å². The largest absolute Gasteiger partial charge is 0.0791 e. The molecule has 3 rings (SSSR count). The van der Waals surface area contributed by atoms with E-state index in [4.69, 9.17) is 12.2 Å². The van der Waals surface area contributed by atoms with Crippen molar-refractivity contribution in [3.63, 3.8) is 0 Å². The van der Waals surface area contributed by atoms with Gasteiger partial charge in [0.25, 0.3) is 0 Å². The maximum Gasteiger partial charge on any atom is 0.0485 e. The molecule has 0 bridgehead atoms. The van der Waals surface area contributed by atoms with Gasteiger partial charge in [0.05, 0.1) is 0 Å². The highest BCUT2D eigenvalue weighted by Gasteiger charge is 2.09. The Bertz CT molecular complexity index is 787. The molecule has 0 spiro atoms. The maximum absolute atomic E-state index is 5.77. The summed E-state index contributed by atoms with van der Waals surface area (Å²) in [5.41, 5.74) is 4.72. The lowest BCUT2D eigenvalue weighted by Crippen LogP contribution is -2.05. The van der Waals surface area contributed by atoms with Gasteiger partial charge in [0, 0.05) is 4.86 Å². The number of hydrogen-bond donors (Lipinski definition) is 0. The van der Waals surface area contributed by atoms with Gasteiger partial charge in [-0.25, -0.2) is 0 Å². The summed E-state index contributed by atoms with van der Waals surface area (Å²) in [6.07, 6.45) is 3.03. The SMILES string of the molecule is S=C(/C(=C/c1ccccc1)Cc1ccccc1)c1ccccc1. The van der Waals surface area contributed by atoms with Crippen molar-refractivity contribution in [2.75, 3.05) is 0 Å². The first-order valence-electron chi connectivity index (χ1n) is 7.72. The molecule has 0 atom stereocenters. The summed E-state index contributed by atoms with van der Waals surface area (Å²) in [6.45, 7) is 0. The third-order valence-corrected chi connectivity index (χ3v) is 4.20. The van der Waals surface area contributed by atoms with Gasteiger partial charge in [0.15, 0.2) is 0 Å². The molecule has 0 saturated heterocycles. The van der Waals surface area contributed by atoms with E-state index in [0.717, 1.165) is 16.8 Å². The van der Waals surface area contributed by atoms with Crippen LogP contribution in [0.1, 0.15) is 16.7 Å². The van der Waals surface area contributed by atoms with E-state index in [-0.39, 0.29) is 0 Å². The van der Waals surface area contributed by atoms with Crippen LogP contribution in [0.5, 0.6) is 0 Å². The number of hydrogen-bond acceptors (Lipinski definition) is 1. The van der Waals surface area contributed by atoms with Crippen LogP contribution in [0.2, 0.25) is 0 Å². The predicted octanol–water partition coefficient (Wildman–Crippen LogP) is 5.73. The van der Waals surface area contributed by atoms with E-state index in [1.54, 1.807) is 0 Å². The van der Waals surface area contributed by atoms with E-state index in [2.05, 4.69) is 66.7 Å². The number of thiocarbonyl (C=S) groups is 1. The predicted molar refractivity (Wildman–Crippen MR) is 103 cm³/mol. The zero-order valence-electron chi connectivity index (χ0n) is 12.9. The molecule has 0 N–H and O–H groups in total. The Hall–Kier alpha value is -2.51. The van der Waals surface area contributed by atoms with E-state index < -0.39 is 0 Å². The summed E-state index contributed by atoms with van der Waals surface area (Å²) in [6, 6.07) is 31.1. The second-order valence-electron chi connectivity index (χ2n) is 5.44. The molecule has 23 heavy (non-hydrogen) atoms. The summed E-state index contributed by atoms with van der Waals surface area (Å²) in [5, 5.41) is 0. The summed E-state index contributed by atoms with van der Waals surface area (Å²) >= 11 is 5.77. The van der Waals surface area contributed by atoms with Crippen molar-refractivity contribution < 1.29 is 0 Å². The molecule has 0 aliphatic heterocycles. The highest BCUT2D eigenvalue weighted by Crippen LogP contribution is 2.18. The van der Waals surface area contributed by atoms with Crippen LogP contribution in [-0.2, 0) is 6.42 Å². The molecule has 0 fully saturated rings. The van der Waals surface area contributed by atoms with Crippen LogP contribution in [0.25, 0.3) is 6.08 Å². The quantitative estimate of drug-likeness (QED) is 0.329. The van der Waals surface area contributed by atoms with Gasteiger partial charge in [-0.05, 0) is 34.8 Å². The molecule has 0 heterocycles. The van der Waals surface area contributed by atoms with Gasteiger partial charge in [-0.2, -0.15) is 0 Å². The molecule has 0 radical (unpaired) electrons. The Labute approximate surface area is 143 Å². The fourth-order valence-electron chi connectivity index (χ4n) is 2.54. The Balaban J connectivity index is 1.96. The highest BCUT2D eigenvalue weighted by molar-refractivity contribution is 7.81. The molecule has 0 aromatic heterocycles. The fourth-order valence-corrected chi connectivity index (χ4v) is 2.81. The topological polar surface area (TPSA) is 0 Å². The smallest absolute Gasteiger partial charge is 0.0485 e. The van der Waals surface area contributed by atoms with Crippen molar-refractivity contribution in [3.8, 4) is 0 Å². The molecule has 112 valence electrons. The van der Waals surface area contributed by atoms with Crippen LogP contribution >= 0.6 is 12.2 Å². The molecule has 0 unspecified atom stereocenters. The third kappa shape index (κ3) is 4.24. The van der Waals surface area contributed by atoms with Gasteiger partial charge >= 0.3 is 0 Å². The van der Waals surface area contributed by atoms with Crippen molar-refractivity contribution in [1.82, 2.24) is 0 Å². The first kappa shape index (κ1) is 15.4. The van der Waals surface area contributed by atoms with E-state index in [9.17, 15) is 0 Å². The van der Waals surface area contributed by atoms with E-state index in [1.807, 2.05) is 30.3 Å². The third-order valence-electron chi connectivity index (χ3n) is 3.71. The van der Waals surface area contributed by atoms with Gasteiger partial charge in [0.1, 0.15) is 0 Å². The Kier molecular flexibility index (Phi) is 5.13. The van der Waals surface area contributed by atoms with Gasteiger partial charge in [0.2, 0.25) is 0 Å². The first-order valence-corrected chi connectivity index (χ1v) is 8.13. The first-order chi connectivity index (χ1) is 11.3. The summed E-state index contributed by atoms with van der Waals surface area (Å²) < 4.78 is 0. The van der Waals surface area contributed by atoms with Crippen molar-refractivity contribution in [1.29, 1.82) is 0 Å². The van der Waals surface area contributed by atoms with Crippen LogP contribution in [-0.4, -0.2) is 4.86 Å². The fraction of sp³-hybridized carbons (Fsp3) is 0.0455. The minimum Gasteiger partial charge on any atom is -0.0791 e. The van der Waals surface area contributed by atoms with Crippen molar-refractivity contribution in [2.24, 2.45) is 0 Å². The number of rotatable bonds is 5. The average molecular weight is 314 g/mol. The lowest BCUT2D eigenvalue weighted by atomic mass is 9.96. The zero-order chi connectivity index (χ0) is 15.9. The summed E-state index contributed by atoms with van der Waals surface area (Å²) in [7, 11) is 0. The minimum atomic E-state index is 0.837. The van der Waals surface area contributed by atoms with Gasteiger partial charge in [-0.15, -0.1) is 0 Å². The second-order valence-corrected chi connectivity index (χ2v) is 5.85. The van der Waals surface area contributed by atoms with Crippen LogP contribution in [0.4, 0.5) is 0 Å². The number of allylic oxidation sites excluding steroid dienone is 1. The number of benzene rings is 3. The monoisotopic (exact) mass is 314 g/mol. The summed E-state index contributed by atoms with van der Waals surface area (Å²) in [4.78, 5) is 0.915. The Morgan fingerprint density at radius 1 is 0.696 bits per heavy atom. The van der Waals surface area contributed by atoms with Gasteiger partial charge in [-0.1, -0.05) is 103 Å². The van der Waals surface area contributed by atoms with Crippen LogP contribution in [0.15, 0.2) is 96.6 Å². The van der Waals surface area contributed by atoms with Crippen molar-refractivity contribution >= 4 is 23.2 Å². The van der Waals surface area contributed by atoms with Crippen molar-refractivity contribution in [2.45, 2.75) is 6.42 Å². The summed E-state index contributed by atoms with van der Waals surface area (Å²) in [5.74, 6) is 0. The van der Waals surface area contributed by atoms with Crippen LogP contribution in [0, 0.1) is 0 Å². The molecular weight excluding hydrogens is 296 g/mol. The van der Waals surface area contributed by atoms with E-state index in [0.29, 0.717) is 0 Å². The van der Waals surface area contributed by atoms with Gasteiger partial charge in [-0.3, -0.25) is 0 Å². The molecule has 1 heteroatoms. The maximum atomic E-state index is 5.77. The Morgan fingerprint density at radius 3 is 1.83 bits per heavy atom. The van der Waals surface area contributed by atoms with Gasteiger partial charge < -0.3 is 0 Å². The molecule has 3 aromatic carbocycles. The Morgan fingerprint density at radius 2 is 1.22 bits per heavy atom. The highest BCUT2D eigenvalue weighted by atomic mass is 32.1. The van der Waals surface area contributed by atoms with Crippen molar-refractivity contribution in [3.05, 3.63) is 113 Å². The normalized spacial score (nSPS) is 11.2.